The monoisotopic (exact) mass is 293 g/mol. The van der Waals surface area contributed by atoms with E-state index < -0.39 is 10.0 Å². The van der Waals surface area contributed by atoms with Crippen molar-refractivity contribution in [1.82, 2.24) is 9.71 Å². The maximum absolute atomic E-state index is 12.1. The lowest BCUT2D eigenvalue weighted by atomic mass is 9.83. The Labute approximate surface area is 120 Å². The lowest BCUT2D eigenvalue weighted by Gasteiger charge is -2.26. The van der Waals surface area contributed by atoms with Crippen LogP contribution in [0.15, 0.2) is 23.2 Å². The van der Waals surface area contributed by atoms with E-state index in [1.807, 2.05) is 6.07 Å². The van der Waals surface area contributed by atoms with Gasteiger partial charge >= 0.3 is 0 Å². The van der Waals surface area contributed by atoms with Gasteiger partial charge in [-0.3, -0.25) is 0 Å². The van der Waals surface area contributed by atoms with Crippen molar-refractivity contribution in [3.05, 3.63) is 24.0 Å². The first-order valence-corrected chi connectivity index (χ1v) is 8.35. The van der Waals surface area contributed by atoms with Crippen LogP contribution >= 0.6 is 0 Å². The van der Waals surface area contributed by atoms with E-state index in [9.17, 15) is 8.42 Å². The number of rotatable bonds is 4. The largest absolute Gasteiger partial charge is 0.244 e. The molecule has 0 amide bonds. The summed E-state index contributed by atoms with van der Waals surface area (Å²) in [4.78, 5) is 3.90. The van der Waals surface area contributed by atoms with Gasteiger partial charge in [0, 0.05) is 12.7 Å². The predicted octanol–water partition coefficient (Wildman–Crippen LogP) is 2.06. The molecule has 1 aliphatic carbocycles. The minimum absolute atomic E-state index is 0.112. The van der Waals surface area contributed by atoms with Gasteiger partial charge in [-0.15, -0.1) is 0 Å². The summed E-state index contributed by atoms with van der Waals surface area (Å²) in [6.45, 7) is 2.72. The van der Waals surface area contributed by atoms with Crippen LogP contribution in [0, 0.1) is 23.2 Å². The molecule has 0 aromatic carbocycles. The van der Waals surface area contributed by atoms with Crippen LogP contribution in [0.2, 0.25) is 0 Å². The van der Waals surface area contributed by atoms with Crippen molar-refractivity contribution in [3.63, 3.8) is 0 Å². The van der Waals surface area contributed by atoms with E-state index in [2.05, 4.69) is 16.6 Å². The third-order valence-corrected chi connectivity index (χ3v) is 5.27. The fraction of sp³-hybridized carbons (Fsp3) is 0.571. The fourth-order valence-electron chi connectivity index (χ4n) is 2.45. The van der Waals surface area contributed by atoms with Crippen molar-refractivity contribution in [2.24, 2.45) is 11.8 Å². The lowest BCUT2D eigenvalue weighted by molar-refractivity contribution is 0.290. The van der Waals surface area contributed by atoms with Crippen LogP contribution in [-0.2, 0) is 10.0 Å². The molecule has 0 radical (unpaired) electrons. The van der Waals surface area contributed by atoms with Gasteiger partial charge in [-0.1, -0.05) is 19.8 Å². The summed E-state index contributed by atoms with van der Waals surface area (Å²) in [6, 6.07) is 4.69. The Balaban J connectivity index is 1.95. The summed E-state index contributed by atoms with van der Waals surface area (Å²) in [5, 5.41) is 8.65. The first-order valence-electron chi connectivity index (χ1n) is 6.87. The Morgan fingerprint density at radius 1 is 1.35 bits per heavy atom. The summed E-state index contributed by atoms with van der Waals surface area (Å²) < 4.78 is 26.9. The molecular formula is C14H19N3O2S. The molecule has 0 unspecified atom stereocenters. The van der Waals surface area contributed by atoms with Gasteiger partial charge in [0.05, 0.1) is 0 Å². The quantitative estimate of drug-likeness (QED) is 0.921. The van der Waals surface area contributed by atoms with Crippen molar-refractivity contribution in [2.75, 3.05) is 6.54 Å². The van der Waals surface area contributed by atoms with Gasteiger partial charge in [0.15, 0.2) is 0 Å². The first kappa shape index (κ1) is 14.9. The molecule has 1 heterocycles. The van der Waals surface area contributed by atoms with E-state index in [1.165, 1.54) is 31.2 Å². The molecule has 2 rings (SSSR count). The molecule has 1 saturated carbocycles. The van der Waals surface area contributed by atoms with Gasteiger partial charge in [-0.25, -0.2) is 18.1 Å². The van der Waals surface area contributed by atoms with Crippen LogP contribution in [0.25, 0.3) is 0 Å². The highest BCUT2D eigenvalue weighted by Gasteiger charge is 2.21. The van der Waals surface area contributed by atoms with E-state index in [4.69, 9.17) is 5.26 Å². The Kier molecular flexibility index (Phi) is 4.73. The standard InChI is InChI=1S/C14H19N3O2S/c1-11-2-4-12(5-3-11)9-17-20(18,19)14-7-6-13(8-15)16-10-14/h6-7,10-12,17H,2-5,9H2,1H3. The molecule has 20 heavy (non-hydrogen) atoms. The number of hydrogen-bond donors (Lipinski definition) is 1. The number of aromatic nitrogens is 1. The van der Waals surface area contributed by atoms with Crippen LogP contribution in [0.5, 0.6) is 0 Å². The maximum Gasteiger partial charge on any atom is 0.242 e. The molecule has 1 N–H and O–H groups in total. The van der Waals surface area contributed by atoms with Gasteiger partial charge in [0.1, 0.15) is 16.7 Å². The molecule has 1 aromatic rings. The van der Waals surface area contributed by atoms with Crippen molar-refractivity contribution in [3.8, 4) is 6.07 Å². The van der Waals surface area contributed by atoms with E-state index in [1.54, 1.807) is 0 Å². The number of nitrogens with zero attached hydrogens (tertiary/aromatic N) is 2. The highest BCUT2D eigenvalue weighted by atomic mass is 32.2. The average Bonchev–Trinajstić information content (AvgIpc) is 2.47. The zero-order chi connectivity index (χ0) is 14.6. The lowest BCUT2D eigenvalue weighted by Crippen LogP contribution is -2.31. The summed E-state index contributed by atoms with van der Waals surface area (Å²) >= 11 is 0. The Morgan fingerprint density at radius 3 is 2.60 bits per heavy atom. The van der Waals surface area contributed by atoms with Gasteiger partial charge in [-0.05, 0) is 36.8 Å². The predicted molar refractivity (Wildman–Crippen MR) is 75.3 cm³/mol. The Bertz CT molecular complexity index is 582. The zero-order valence-corrected chi connectivity index (χ0v) is 12.4. The molecule has 108 valence electrons. The van der Waals surface area contributed by atoms with Gasteiger partial charge in [0.2, 0.25) is 10.0 Å². The van der Waals surface area contributed by atoms with Crippen molar-refractivity contribution in [2.45, 2.75) is 37.5 Å². The molecule has 0 atom stereocenters. The molecule has 0 bridgehead atoms. The van der Waals surface area contributed by atoms with Crippen LogP contribution in [-0.4, -0.2) is 19.9 Å². The molecule has 0 aliphatic heterocycles. The van der Waals surface area contributed by atoms with E-state index in [0.717, 1.165) is 18.8 Å². The van der Waals surface area contributed by atoms with Gasteiger partial charge in [0.25, 0.3) is 0 Å². The summed E-state index contributed by atoms with van der Waals surface area (Å²) in [5.41, 5.74) is 0.213. The highest BCUT2D eigenvalue weighted by molar-refractivity contribution is 7.89. The van der Waals surface area contributed by atoms with Crippen molar-refractivity contribution < 1.29 is 8.42 Å². The molecule has 6 heteroatoms. The van der Waals surface area contributed by atoms with Crippen LogP contribution in [0.3, 0.4) is 0 Å². The van der Waals surface area contributed by atoms with E-state index in [0.29, 0.717) is 12.5 Å². The molecule has 5 nitrogen and oxygen atoms in total. The van der Waals surface area contributed by atoms with E-state index >= 15 is 0 Å². The maximum atomic E-state index is 12.1. The fourth-order valence-corrected chi connectivity index (χ4v) is 3.51. The Morgan fingerprint density at radius 2 is 2.05 bits per heavy atom. The number of nitrogens with one attached hydrogen (secondary N) is 1. The average molecular weight is 293 g/mol. The minimum atomic E-state index is -3.52. The van der Waals surface area contributed by atoms with Gasteiger partial charge in [-0.2, -0.15) is 5.26 Å². The molecule has 1 aromatic heterocycles. The first-order chi connectivity index (χ1) is 9.51. The number of pyridine rings is 1. The third-order valence-electron chi connectivity index (χ3n) is 3.86. The molecule has 0 saturated heterocycles. The zero-order valence-electron chi connectivity index (χ0n) is 11.5. The van der Waals surface area contributed by atoms with Crippen LogP contribution in [0.4, 0.5) is 0 Å². The molecule has 1 aliphatic rings. The van der Waals surface area contributed by atoms with Gasteiger partial charge < -0.3 is 0 Å². The third kappa shape index (κ3) is 3.78. The SMILES string of the molecule is CC1CCC(CNS(=O)(=O)c2ccc(C#N)nc2)CC1. The van der Waals surface area contributed by atoms with Crippen molar-refractivity contribution in [1.29, 1.82) is 5.26 Å². The summed E-state index contributed by atoms with van der Waals surface area (Å²) in [5.74, 6) is 1.18. The summed E-state index contributed by atoms with van der Waals surface area (Å²) in [7, 11) is -3.52. The second-order valence-electron chi connectivity index (χ2n) is 5.47. The van der Waals surface area contributed by atoms with Crippen molar-refractivity contribution >= 4 is 10.0 Å². The van der Waals surface area contributed by atoms with E-state index in [-0.39, 0.29) is 10.6 Å². The highest BCUT2D eigenvalue weighted by Crippen LogP contribution is 2.27. The topological polar surface area (TPSA) is 82.9 Å². The van der Waals surface area contributed by atoms with Crippen LogP contribution < -0.4 is 4.72 Å². The van der Waals surface area contributed by atoms with Crippen LogP contribution in [0.1, 0.15) is 38.3 Å². The Hall–Kier alpha value is -1.45. The number of nitriles is 1. The number of sulfonamides is 1. The molecule has 1 fully saturated rings. The second kappa shape index (κ2) is 6.33. The minimum Gasteiger partial charge on any atom is -0.244 e. The normalized spacial score (nSPS) is 23.2. The summed E-state index contributed by atoms with van der Waals surface area (Å²) in [6.07, 6.45) is 5.73. The second-order valence-corrected chi connectivity index (χ2v) is 7.24. The molecule has 0 spiro atoms. The number of hydrogen-bond acceptors (Lipinski definition) is 4. The molecular weight excluding hydrogens is 274 g/mol. The smallest absolute Gasteiger partial charge is 0.242 e.